The summed E-state index contributed by atoms with van der Waals surface area (Å²) in [6.45, 7) is 0.244. The monoisotopic (exact) mass is 344 g/mol. The summed E-state index contributed by atoms with van der Waals surface area (Å²) >= 11 is 7.05. The van der Waals surface area contributed by atoms with Gasteiger partial charge in [-0.3, -0.25) is 4.79 Å². The van der Waals surface area contributed by atoms with Gasteiger partial charge in [-0.25, -0.2) is 13.1 Å². The molecule has 1 heterocycles. The van der Waals surface area contributed by atoms with Gasteiger partial charge in [0.15, 0.2) is 0 Å². The number of halogens is 1. The molecule has 0 fully saturated rings. The second kappa shape index (κ2) is 6.57. The van der Waals surface area contributed by atoms with E-state index in [1.165, 1.54) is 13.1 Å². The number of carbonyl (C=O) groups excluding carboxylic acids is 1. The van der Waals surface area contributed by atoms with Gasteiger partial charge in [-0.05, 0) is 31.3 Å². The van der Waals surface area contributed by atoms with Crippen LogP contribution in [0.1, 0.15) is 15.2 Å². The molecule has 1 aromatic heterocycles. The molecule has 0 bridgehead atoms. The van der Waals surface area contributed by atoms with Crippen LogP contribution in [0.4, 0.5) is 0 Å². The zero-order valence-electron chi connectivity index (χ0n) is 11.1. The average molecular weight is 345 g/mol. The number of amides is 1. The maximum Gasteiger partial charge on any atom is 0.253 e. The molecule has 0 saturated carbocycles. The summed E-state index contributed by atoms with van der Waals surface area (Å²) in [7, 11) is -2.09. The Morgan fingerprint density at radius 3 is 2.62 bits per heavy atom. The Morgan fingerprint density at radius 1 is 1.24 bits per heavy atom. The van der Waals surface area contributed by atoms with Crippen LogP contribution in [0.2, 0.25) is 5.02 Å². The third kappa shape index (κ3) is 3.82. The SMILES string of the molecule is CNS(=O)(=O)c1ccc(CNC(=O)c2ccccc2Cl)s1. The molecule has 0 aliphatic rings. The minimum absolute atomic E-state index is 0.215. The molecular formula is C13H13ClN2O3S2. The van der Waals surface area contributed by atoms with Crippen molar-refractivity contribution in [3.05, 3.63) is 51.9 Å². The van der Waals surface area contributed by atoms with Crippen molar-refractivity contribution in [2.45, 2.75) is 10.8 Å². The summed E-state index contributed by atoms with van der Waals surface area (Å²) in [6, 6.07) is 9.91. The lowest BCUT2D eigenvalue weighted by atomic mass is 10.2. The molecule has 0 aliphatic heterocycles. The van der Waals surface area contributed by atoms with Crippen molar-refractivity contribution in [3.8, 4) is 0 Å². The number of benzene rings is 1. The Kier molecular flexibility index (Phi) is 5.00. The Bertz CT molecular complexity index is 756. The molecule has 112 valence electrons. The van der Waals surface area contributed by atoms with Crippen LogP contribution in [0.25, 0.3) is 0 Å². The van der Waals surface area contributed by atoms with E-state index in [1.807, 2.05) is 0 Å². The summed E-state index contributed by atoms with van der Waals surface area (Å²) in [5, 5.41) is 3.09. The van der Waals surface area contributed by atoms with E-state index in [0.717, 1.165) is 16.2 Å². The molecule has 5 nitrogen and oxygen atoms in total. The molecule has 0 unspecified atom stereocenters. The Labute approximate surface area is 132 Å². The molecule has 1 aromatic carbocycles. The van der Waals surface area contributed by atoms with E-state index in [2.05, 4.69) is 10.0 Å². The molecule has 8 heteroatoms. The second-order valence-corrected chi connectivity index (χ2v) is 7.78. The Balaban J connectivity index is 2.04. The van der Waals surface area contributed by atoms with Gasteiger partial charge < -0.3 is 5.32 Å². The van der Waals surface area contributed by atoms with Gasteiger partial charge in [0.05, 0.1) is 17.1 Å². The van der Waals surface area contributed by atoms with Crippen LogP contribution in [0.3, 0.4) is 0 Å². The van der Waals surface area contributed by atoms with Crippen molar-refractivity contribution in [2.75, 3.05) is 7.05 Å². The van der Waals surface area contributed by atoms with E-state index in [0.29, 0.717) is 10.6 Å². The number of hydrogen-bond donors (Lipinski definition) is 2. The maximum absolute atomic E-state index is 12.0. The van der Waals surface area contributed by atoms with Crippen molar-refractivity contribution >= 4 is 38.9 Å². The number of hydrogen-bond acceptors (Lipinski definition) is 4. The van der Waals surface area contributed by atoms with Crippen LogP contribution in [-0.4, -0.2) is 21.4 Å². The van der Waals surface area contributed by atoms with Crippen molar-refractivity contribution in [3.63, 3.8) is 0 Å². The summed E-state index contributed by atoms with van der Waals surface area (Å²) < 4.78 is 25.7. The van der Waals surface area contributed by atoms with Crippen LogP contribution < -0.4 is 10.0 Å². The predicted molar refractivity (Wildman–Crippen MR) is 83.2 cm³/mol. The number of thiophene rings is 1. The molecule has 0 atom stereocenters. The lowest BCUT2D eigenvalue weighted by Gasteiger charge is -2.05. The highest BCUT2D eigenvalue weighted by Gasteiger charge is 2.15. The molecular weight excluding hydrogens is 332 g/mol. The smallest absolute Gasteiger partial charge is 0.253 e. The summed E-state index contributed by atoms with van der Waals surface area (Å²) in [4.78, 5) is 12.7. The third-order valence-electron chi connectivity index (χ3n) is 2.71. The molecule has 0 spiro atoms. The highest BCUT2D eigenvalue weighted by atomic mass is 35.5. The fourth-order valence-electron chi connectivity index (χ4n) is 1.61. The molecule has 21 heavy (non-hydrogen) atoms. The van der Waals surface area contributed by atoms with Gasteiger partial charge in [-0.1, -0.05) is 23.7 Å². The first-order valence-corrected chi connectivity index (χ1v) is 8.67. The van der Waals surface area contributed by atoms with Gasteiger partial charge in [0.2, 0.25) is 10.0 Å². The quantitative estimate of drug-likeness (QED) is 0.873. The van der Waals surface area contributed by atoms with E-state index >= 15 is 0 Å². The lowest BCUT2D eigenvalue weighted by molar-refractivity contribution is 0.0951. The van der Waals surface area contributed by atoms with Crippen LogP contribution in [0, 0.1) is 0 Å². The lowest BCUT2D eigenvalue weighted by Crippen LogP contribution is -2.22. The van der Waals surface area contributed by atoms with Gasteiger partial charge in [0.1, 0.15) is 4.21 Å². The highest BCUT2D eigenvalue weighted by molar-refractivity contribution is 7.91. The minimum atomic E-state index is -3.44. The van der Waals surface area contributed by atoms with Crippen molar-refractivity contribution in [1.82, 2.24) is 10.0 Å². The number of sulfonamides is 1. The van der Waals surface area contributed by atoms with E-state index < -0.39 is 10.0 Å². The van der Waals surface area contributed by atoms with E-state index in [-0.39, 0.29) is 16.7 Å². The van der Waals surface area contributed by atoms with Gasteiger partial charge >= 0.3 is 0 Å². The van der Waals surface area contributed by atoms with Crippen molar-refractivity contribution in [2.24, 2.45) is 0 Å². The van der Waals surface area contributed by atoms with E-state index in [9.17, 15) is 13.2 Å². The van der Waals surface area contributed by atoms with Crippen molar-refractivity contribution in [1.29, 1.82) is 0 Å². The predicted octanol–water partition coefficient (Wildman–Crippen LogP) is 2.24. The first-order chi connectivity index (χ1) is 9.94. The molecule has 2 rings (SSSR count). The highest BCUT2D eigenvalue weighted by Crippen LogP contribution is 2.21. The van der Waals surface area contributed by atoms with E-state index in [4.69, 9.17) is 11.6 Å². The van der Waals surface area contributed by atoms with Crippen LogP contribution in [-0.2, 0) is 16.6 Å². The molecule has 2 aromatic rings. The zero-order chi connectivity index (χ0) is 15.5. The van der Waals surface area contributed by atoms with Gasteiger partial charge in [0.25, 0.3) is 5.91 Å². The molecule has 0 aliphatic carbocycles. The number of rotatable bonds is 5. The number of nitrogens with one attached hydrogen (secondary N) is 2. The normalized spacial score (nSPS) is 11.3. The first kappa shape index (κ1) is 16.0. The van der Waals surface area contributed by atoms with Gasteiger partial charge in [-0.15, -0.1) is 11.3 Å². The summed E-state index contributed by atoms with van der Waals surface area (Å²) in [5.41, 5.74) is 0.388. The van der Waals surface area contributed by atoms with Crippen LogP contribution >= 0.6 is 22.9 Å². The summed E-state index contributed by atoms with van der Waals surface area (Å²) in [6.07, 6.45) is 0. The summed E-state index contributed by atoms with van der Waals surface area (Å²) in [5.74, 6) is -0.299. The van der Waals surface area contributed by atoms with Crippen molar-refractivity contribution < 1.29 is 13.2 Å². The average Bonchev–Trinajstić information content (AvgIpc) is 2.95. The second-order valence-electron chi connectivity index (χ2n) is 4.09. The molecule has 0 saturated heterocycles. The first-order valence-electron chi connectivity index (χ1n) is 5.99. The standard InChI is InChI=1S/C13H13ClN2O3S2/c1-15-21(18,19)12-7-6-9(20-12)8-16-13(17)10-4-2-3-5-11(10)14/h2-7,15H,8H2,1H3,(H,16,17). The van der Waals surface area contributed by atoms with Gasteiger partial charge in [0, 0.05) is 4.88 Å². The fourth-order valence-corrected chi connectivity index (χ4v) is 3.96. The Hall–Kier alpha value is -1.41. The number of carbonyl (C=O) groups is 1. The van der Waals surface area contributed by atoms with Gasteiger partial charge in [-0.2, -0.15) is 0 Å². The molecule has 0 radical (unpaired) electrons. The van der Waals surface area contributed by atoms with Crippen LogP contribution in [0.5, 0.6) is 0 Å². The molecule has 1 amide bonds. The maximum atomic E-state index is 12.0. The van der Waals surface area contributed by atoms with Crippen LogP contribution in [0.15, 0.2) is 40.6 Å². The Morgan fingerprint density at radius 2 is 1.95 bits per heavy atom. The molecule has 2 N–H and O–H groups in total. The topological polar surface area (TPSA) is 75.3 Å². The third-order valence-corrected chi connectivity index (χ3v) is 6.03. The zero-order valence-corrected chi connectivity index (χ0v) is 13.5. The largest absolute Gasteiger partial charge is 0.347 e. The van der Waals surface area contributed by atoms with E-state index in [1.54, 1.807) is 30.3 Å². The fraction of sp³-hybridized carbons (Fsp3) is 0.154. The minimum Gasteiger partial charge on any atom is -0.347 e.